The number of fused-ring (bicyclic) bond motifs is 1. The number of halogens is 1. The summed E-state index contributed by atoms with van der Waals surface area (Å²) in [6.07, 6.45) is 0. The zero-order valence-electron chi connectivity index (χ0n) is 17.9. The van der Waals surface area contributed by atoms with Gasteiger partial charge in [-0.25, -0.2) is 14.3 Å². The van der Waals surface area contributed by atoms with Gasteiger partial charge in [0.1, 0.15) is 22.9 Å². The molecule has 9 heteroatoms. The molecule has 1 N–H and O–H groups in total. The fourth-order valence-electron chi connectivity index (χ4n) is 3.49. The van der Waals surface area contributed by atoms with Crippen molar-refractivity contribution in [2.24, 2.45) is 0 Å². The summed E-state index contributed by atoms with van der Waals surface area (Å²) < 4.78 is 12.2. The number of carbonyl (C=O) groups is 2. The summed E-state index contributed by atoms with van der Waals surface area (Å²) in [6.45, 7) is 3.31. The predicted molar refractivity (Wildman–Crippen MR) is 123 cm³/mol. The lowest BCUT2D eigenvalue weighted by Gasteiger charge is -2.09. The number of nitrogens with one attached hydrogen (secondary N) is 1. The van der Waals surface area contributed by atoms with Gasteiger partial charge in [0.2, 0.25) is 5.91 Å². The Bertz CT molecular complexity index is 1410. The first-order valence-corrected chi connectivity index (χ1v) is 10.5. The van der Waals surface area contributed by atoms with Crippen LogP contribution in [0.5, 0.6) is 0 Å². The summed E-state index contributed by atoms with van der Waals surface area (Å²) in [5, 5.41) is 7.75. The first-order valence-electron chi connectivity index (χ1n) is 10.1. The van der Waals surface area contributed by atoms with Crippen molar-refractivity contribution in [3.8, 4) is 0 Å². The van der Waals surface area contributed by atoms with Crippen LogP contribution in [-0.4, -0.2) is 21.7 Å². The van der Waals surface area contributed by atoms with Crippen LogP contribution in [0.1, 0.15) is 34.1 Å². The van der Waals surface area contributed by atoms with Crippen molar-refractivity contribution in [3.05, 3.63) is 92.6 Å². The lowest BCUT2D eigenvalue weighted by atomic mass is 10.1. The van der Waals surface area contributed by atoms with E-state index in [0.717, 1.165) is 5.56 Å². The number of esters is 1. The quantitative estimate of drug-likeness (QED) is 0.336. The van der Waals surface area contributed by atoms with Gasteiger partial charge in [-0.3, -0.25) is 4.79 Å². The molecule has 0 atom stereocenters. The highest BCUT2D eigenvalue weighted by Gasteiger charge is 2.22. The average Bonchev–Trinajstić information content (AvgIpc) is 3.04. The van der Waals surface area contributed by atoms with Gasteiger partial charge < -0.3 is 14.5 Å². The smallest absolute Gasteiger partial charge is 0.343 e. The monoisotopic (exact) mass is 465 g/mol. The molecule has 0 aliphatic carbocycles. The van der Waals surface area contributed by atoms with Gasteiger partial charge >= 0.3 is 11.6 Å². The highest BCUT2D eigenvalue weighted by molar-refractivity contribution is 6.32. The number of anilines is 1. The minimum Gasteiger partial charge on any atom is -0.457 e. The van der Waals surface area contributed by atoms with Crippen molar-refractivity contribution < 1.29 is 18.7 Å². The Hall–Kier alpha value is -3.91. The number of ether oxygens (including phenoxy) is 1. The van der Waals surface area contributed by atoms with Crippen LogP contribution in [0, 0.1) is 6.92 Å². The lowest BCUT2D eigenvalue weighted by Crippen LogP contribution is -2.10. The fourth-order valence-corrected chi connectivity index (χ4v) is 3.80. The largest absolute Gasteiger partial charge is 0.457 e. The first-order chi connectivity index (χ1) is 15.8. The minimum absolute atomic E-state index is 0.167. The molecule has 4 aromatic rings. The third-order valence-electron chi connectivity index (χ3n) is 4.95. The van der Waals surface area contributed by atoms with E-state index in [1.165, 1.54) is 19.1 Å². The molecular formula is C24H20ClN3O5. The molecule has 0 aliphatic rings. The van der Waals surface area contributed by atoms with Gasteiger partial charge in [0.15, 0.2) is 0 Å². The molecule has 0 fully saturated rings. The topological polar surface area (TPSA) is 103 Å². The molecular weight excluding hydrogens is 446 g/mol. The van der Waals surface area contributed by atoms with E-state index in [2.05, 4.69) is 10.4 Å². The van der Waals surface area contributed by atoms with E-state index in [0.29, 0.717) is 28.9 Å². The van der Waals surface area contributed by atoms with Gasteiger partial charge in [0, 0.05) is 35.7 Å². The molecule has 0 unspecified atom stereocenters. The number of rotatable bonds is 6. The van der Waals surface area contributed by atoms with Crippen LogP contribution in [0.3, 0.4) is 0 Å². The standard InChI is InChI=1S/C24H20ClN3O5/c1-14-22(23(25)28(27-14)12-16-6-4-3-5-7-16)24(31)32-13-17-10-21(30)33-20-11-18(26-15(2)29)8-9-19(17)20/h3-11H,12-13H2,1-2H3,(H,26,29). The third kappa shape index (κ3) is 4.96. The van der Waals surface area contributed by atoms with Crippen LogP contribution in [-0.2, 0) is 22.7 Å². The number of benzene rings is 2. The second kappa shape index (κ2) is 9.30. The number of hydrogen-bond acceptors (Lipinski definition) is 6. The van der Waals surface area contributed by atoms with Crippen LogP contribution >= 0.6 is 11.6 Å². The van der Waals surface area contributed by atoms with Crippen LogP contribution in [0.4, 0.5) is 5.69 Å². The second-order valence-electron chi connectivity index (χ2n) is 7.45. The van der Waals surface area contributed by atoms with Gasteiger partial charge in [-0.1, -0.05) is 41.9 Å². The van der Waals surface area contributed by atoms with Gasteiger partial charge in [-0.15, -0.1) is 0 Å². The van der Waals surface area contributed by atoms with Gasteiger partial charge in [-0.2, -0.15) is 5.10 Å². The molecule has 2 heterocycles. The van der Waals surface area contributed by atoms with Gasteiger partial charge in [-0.05, 0) is 24.6 Å². The summed E-state index contributed by atoms with van der Waals surface area (Å²) in [6, 6.07) is 15.8. The fraction of sp³-hybridized carbons (Fsp3) is 0.167. The van der Waals surface area contributed by atoms with Crippen LogP contribution < -0.4 is 10.9 Å². The van der Waals surface area contributed by atoms with Gasteiger partial charge in [0.05, 0.1) is 12.2 Å². The molecule has 168 valence electrons. The van der Waals surface area contributed by atoms with Crippen molar-refractivity contribution in [1.82, 2.24) is 9.78 Å². The van der Waals surface area contributed by atoms with E-state index < -0.39 is 11.6 Å². The molecule has 33 heavy (non-hydrogen) atoms. The maximum atomic E-state index is 12.8. The Balaban J connectivity index is 1.55. The van der Waals surface area contributed by atoms with Gasteiger partial charge in [0.25, 0.3) is 0 Å². The Morgan fingerprint density at radius 2 is 1.91 bits per heavy atom. The van der Waals surface area contributed by atoms with E-state index in [1.807, 2.05) is 30.3 Å². The third-order valence-corrected chi connectivity index (χ3v) is 5.34. The Labute approximate surface area is 193 Å². The molecule has 0 spiro atoms. The molecule has 4 rings (SSSR count). The van der Waals surface area contributed by atoms with Crippen LogP contribution in [0.25, 0.3) is 11.0 Å². The molecule has 0 saturated carbocycles. The maximum Gasteiger partial charge on any atom is 0.343 e. The van der Waals surface area contributed by atoms with E-state index >= 15 is 0 Å². The normalized spacial score (nSPS) is 10.9. The molecule has 1 amide bonds. The van der Waals surface area contributed by atoms with E-state index in [1.54, 1.807) is 23.7 Å². The summed E-state index contributed by atoms with van der Waals surface area (Å²) in [4.78, 5) is 36.1. The zero-order valence-corrected chi connectivity index (χ0v) is 18.7. The van der Waals surface area contributed by atoms with Crippen molar-refractivity contribution in [1.29, 1.82) is 0 Å². The summed E-state index contributed by atoms with van der Waals surface area (Å²) in [5.41, 5.74) is 2.23. The SMILES string of the molecule is CC(=O)Nc1ccc2c(COC(=O)c3c(C)nn(Cc4ccccc4)c3Cl)cc(=O)oc2c1. The van der Waals surface area contributed by atoms with Crippen LogP contribution in [0.2, 0.25) is 5.15 Å². The molecule has 8 nitrogen and oxygen atoms in total. The average molecular weight is 466 g/mol. The summed E-state index contributed by atoms with van der Waals surface area (Å²) in [7, 11) is 0. The van der Waals surface area contributed by atoms with Crippen molar-refractivity contribution in [2.45, 2.75) is 27.0 Å². The number of aromatic nitrogens is 2. The lowest BCUT2D eigenvalue weighted by molar-refractivity contribution is -0.114. The number of hydrogen-bond donors (Lipinski definition) is 1. The Morgan fingerprint density at radius 3 is 2.64 bits per heavy atom. The maximum absolute atomic E-state index is 12.8. The van der Waals surface area contributed by atoms with Crippen molar-refractivity contribution in [2.75, 3.05) is 5.32 Å². The summed E-state index contributed by atoms with van der Waals surface area (Å²) in [5.74, 6) is -0.894. The number of aryl methyl sites for hydroxylation is 1. The first kappa shape index (κ1) is 22.3. The van der Waals surface area contributed by atoms with Crippen molar-refractivity contribution >= 4 is 40.1 Å². The van der Waals surface area contributed by atoms with E-state index in [4.69, 9.17) is 20.8 Å². The second-order valence-corrected chi connectivity index (χ2v) is 7.81. The highest BCUT2D eigenvalue weighted by Crippen LogP contribution is 2.25. The van der Waals surface area contributed by atoms with E-state index in [9.17, 15) is 14.4 Å². The zero-order chi connectivity index (χ0) is 23.5. The Kier molecular flexibility index (Phi) is 6.28. The number of carbonyl (C=O) groups excluding carboxylic acids is 2. The molecule has 2 aromatic heterocycles. The number of amides is 1. The Morgan fingerprint density at radius 1 is 1.15 bits per heavy atom. The van der Waals surface area contributed by atoms with Crippen LogP contribution in [0.15, 0.2) is 63.8 Å². The van der Waals surface area contributed by atoms with Crippen molar-refractivity contribution in [3.63, 3.8) is 0 Å². The van der Waals surface area contributed by atoms with E-state index in [-0.39, 0.29) is 28.8 Å². The highest BCUT2D eigenvalue weighted by atomic mass is 35.5. The molecule has 0 saturated heterocycles. The molecule has 0 radical (unpaired) electrons. The number of nitrogens with zero attached hydrogens (tertiary/aromatic N) is 2. The molecule has 2 aromatic carbocycles. The predicted octanol–water partition coefficient (Wildman–Crippen LogP) is 4.32. The molecule has 0 aliphatic heterocycles. The minimum atomic E-state index is -0.645. The summed E-state index contributed by atoms with van der Waals surface area (Å²) >= 11 is 6.44. The molecule has 0 bridgehead atoms.